The number of rotatable bonds is 9. The summed E-state index contributed by atoms with van der Waals surface area (Å²) in [5.74, 6) is 0.480. The smallest absolute Gasteiger partial charge is 0.0453 e. The first-order valence-corrected chi connectivity index (χ1v) is 8.27. The van der Waals surface area contributed by atoms with Crippen molar-refractivity contribution in [2.45, 2.75) is 53.9 Å². The van der Waals surface area contributed by atoms with Gasteiger partial charge in [-0.3, -0.25) is 4.99 Å². The van der Waals surface area contributed by atoms with Crippen LogP contribution in [0.2, 0.25) is 0 Å². The van der Waals surface area contributed by atoms with Gasteiger partial charge in [0.05, 0.1) is 0 Å². The van der Waals surface area contributed by atoms with E-state index in [0.717, 1.165) is 12.0 Å². The van der Waals surface area contributed by atoms with E-state index in [-0.39, 0.29) is 0 Å². The highest BCUT2D eigenvalue weighted by molar-refractivity contribution is 5.84. The van der Waals surface area contributed by atoms with E-state index in [1.807, 2.05) is 13.3 Å². The summed E-state index contributed by atoms with van der Waals surface area (Å²) in [4.78, 5) is 6.41. The van der Waals surface area contributed by atoms with Crippen LogP contribution >= 0.6 is 0 Å². The third-order valence-electron chi connectivity index (χ3n) is 3.52. The van der Waals surface area contributed by atoms with Crippen molar-refractivity contribution in [1.82, 2.24) is 4.90 Å². The quantitative estimate of drug-likeness (QED) is 0.391. The molecule has 0 atom stereocenters. The maximum atomic E-state index is 4.18. The van der Waals surface area contributed by atoms with E-state index >= 15 is 0 Å². The average molecular weight is 303 g/mol. The molecule has 0 aliphatic rings. The van der Waals surface area contributed by atoms with E-state index in [1.54, 1.807) is 0 Å². The van der Waals surface area contributed by atoms with Crippen molar-refractivity contribution in [2.24, 2.45) is 10.9 Å². The number of hydrogen-bond donors (Lipinski definition) is 0. The summed E-state index contributed by atoms with van der Waals surface area (Å²) in [5, 5.41) is 0. The van der Waals surface area contributed by atoms with Crippen LogP contribution in [0, 0.1) is 5.92 Å². The van der Waals surface area contributed by atoms with E-state index in [1.165, 1.54) is 29.8 Å². The molecular weight excluding hydrogens is 268 g/mol. The summed E-state index contributed by atoms with van der Waals surface area (Å²) in [7, 11) is 3.92. The van der Waals surface area contributed by atoms with Crippen LogP contribution in [-0.2, 0) is 0 Å². The predicted octanol–water partition coefficient (Wildman–Crippen LogP) is 5.76. The number of aliphatic imine (C=N–C) groups is 1. The highest BCUT2D eigenvalue weighted by atomic mass is 15.1. The molecular formula is C20H34N2. The van der Waals surface area contributed by atoms with Gasteiger partial charge in [-0.15, -0.1) is 0 Å². The molecule has 2 nitrogen and oxygen atoms in total. The minimum Gasteiger partial charge on any atom is -0.348 e. The van der Waals surface area contributed by atoms with Gasteiger partial charge in [-0.1, -0.05) is 51.5 Å². The third-order valence-corrected chi connectivity index (χ3v) is 3.52. The predicted molar refractivity (Wildman–Crippen MR) is 101 cm³/mol. The average Bonchev–Trinajstić information content (AvgIpc) is 2.47. The first-order chi connectivity index (χ1) is 10.4. The lowest BCUT2D eigenvalue weighted by Crippen LogP contribution is -2.18. The van der Waals surface area contributed by atoms with Crippen LogP contribution in [0.5, 0.6) is 0 Å². The molecule has 2 heteroatoms. The molecule has 0 spiro atoms. The highest BCUT2D eigenvalue weighted by Gasteiger charge is 2.11. The molecule has 124 valence electrons. The molecule has 22 heavy (non-hydrogen) atoms. The van der Waals surface area contributed by atoms with E-state index in [9.17, 15) is 0 Å². The van der Waals surface area contributed by atoms with Gasteiger partial charge in [-0.2, -0.15) is 0 Å². The Morgan fingerprint density at radius 3 is 2.41 bits per heavy atom. The van der Waals surface area contributed by atoms with Gasteiger partial charge in [0, 0.05) is 37.3 Å². The van der Waals surface area contributed by atoms with Crippen molar-refractivity contribution >= 4 is 6.21 Å². The van der Waals surface area contributed by atoms with Gasteiger partial charge in [0.1, 0.15) is 0 Å². The largest absolute Gasteiger partial charge is 0.348 e. The summed E-state index contributed by atoms with van der Waals surface area (Å²) in [6, 6.07) is 0. The van der Waals surface area contributed by atoms with Gasteiger partial charge in [0.15, 0.2) is 0 Å². The molecule has 0 aromatic carbocycles. The molecule has 0 N–H and O–H groups in total. The molecule has 0 aliphatic heterocycles. The zero-order valence-electron chi connectivity index (χ0n) is 15.6. The fraction of sp³-hybridized carbons (Fsp3) is 0.550. The minimum atomic E-state index is 0.480. The zero-order chi connectivity index (χ0) is 17.1. The fourth-order valence-electron chi connectivity index (χ4n) is 2.20. The molecule has 0 amide bonds. The van der Waals surface area contributed by atoms with Gasteiger partial charge in [0.2, 0.25) is 0 Å². The molecule has 0 radical (unpaired) electrons. The van der Waals surface area contributed by atoms with Crippen LogP contribution in [0.1, 0.15) is 53.9 Å². The molecule has 0 fully saturated rings. The number of hydrogen-bond acceptors (Lipinski definition) is 2. The Kier molecular flexibility index (Phi) is 10.3. The fourth-order valence-corrected chi connectivity index (χ4v) is 2.20. The van der Waals surface area contributed by atoms with Crippen molar-refractivity contribution < 1.29 is 0 Å². The zero-order valence-corrected chi connectivity index (χ0v) is 15.6. The molecule has 0 saturated carbocycles. The standard InChI is InChI=1S/C20H34N2/c1-9-11-12-17(5)14-18(6)22(8)20(13-16(3)4)19(10-2)15-21-7/h10,13-16H,5,9,11-12H2,1-4,6-8H3/b18-14-,19-10+,20-13-,21-15?. The number of unbranched alkanes of at least 4 members (excludes halogenated alkanes) is 1. The second kappa shape index (κ2) is 11.1. The normalized spacial score (nSPS) is 14.1. The van der Waals surface area contributed by atoms with Crippen molar-refractivity contribution in [3.8, 4) is 0 Å². The molecule has 0 bridgehead atoms. The van der Waals surface area contributed by atoms with E-state index < -0.39 is 0 Å². The molecule has 0 rings (SSSR count). The number of likely N-dealkylation sites (N-methyl/N-ethyl adjacent to an activating group) is 1. The van der Waals surface area contributed by atoms with Crippen molar-refractivity contribution in [1.29, 1.82) is 0 Å². The SMILES string of the molecule is C=C(/C=C(/C)N(C)C(=C\C(C)C)/C(C=NC)=C/C)CCCC. The van der Waals surface area contributed by atoms with Gasteiger partial charge in [-0.05, 0) is 38.7 Å². The molecule has 0 aromatic heterocycles. The second-order valence-corrected chi connectivity index (χ2v) is 6.03. The monoisotopic (exact) mass is 302 g/mol. The van der Waals surface area contributed by atoms with Crippen LogP contribution in [0.15, 0.2) is 52.3 Å². The first-order valence-electron chi connectivity index (χ1n) is 8.27. The van der Waals surface area contributed by atoms with Gasteiger partial charge in [-0.25, -0.2) is 0 Å². The molecule has 0 aliphatic carbocycles. The minimum absolute atomic E-state index is 0.480. The van der Waals surface area contributed by atoms with Crippen LogP contribution in [0.25, 0.3) is 0 Å². The van der Waals surface area contributed by atoms with Crippen molar-refractivity contribution in [3.05, 3.63) is 47.3 Å². The Bertz CT molecular complexity index is 462. The van der Waals surface area contributed by atoms with E-state index in [4.69, 9.17) is 0 Å². The summed E-state index contributed by atoms with van der Waals surface area (Å²) < 4.78 is 0. The van der Waals surface area contributed by atoms with Gasteiger partial charge < -0.3 is 4.90 Å². The van der Waals surface area contributed by atoms with Gasteiger partial charge >= 0.3 is 0 Å². The van der Waals surface area contributed by atoms with E-state index in [2.05, 4.69) is 76.4 Å². The van der Waals surface area contributed by atoms with Crippen LogP contribution in [0.3, 0.4) is 0 Å². The number of allylic oxidation sites excluding steroid dienone is 6. The van der Waals surface area contributed by atoms with Crippen LogP contribution < -0.4 is 0 Å². The molecule has 0 heterocycles. The molecule has 0 aromatic rings. The van der Waals surface area contributed by atoms with Crippen LogP contribution in [0.4, 0.5) is 0 Å². The van der Waals surface area contributed by atoms with Gasteiger partial charge in [0.25, 0.3) is 0 Å². The summed E-state index contributed by atoms with van der Waals surface area (Å²) in [6.45, 7) is 15.0. The van der Waals surface area contributed by atoms with Crippen LogP contribution in [-0.4, -0.2) is 25.2 Å². The molecule has 0 unspecified atom stereocenters. The topological polar surface area (TPSA) is 15.6 Å². The Balaban J connectivity index is 5.41. The third kappa shape index (κ3) is 7.44. The Morgan fingerprint density at radius 1 is 1.32 bits per heavy atom. The Morgan fingerprint density at radius 2 is 1.95 bits per heavy atom. The van der Waals surface area contributed by atoms with E-state index in [0.29, 0.717) is 5.92 Å². The lowest BCUT2D eigenvalue weighted by Gasteiger charge is -2.25. The Hall–Kier alpha value is -1.57. The lowest BCUT2D eigenvalue weighted by atomic mass is 10.1. The molecule has 0 saturated heterocycles. The second-order valence-electron chi connectivity index (χ2n) is 6.03. The summed E-state index contributed by atoms with van der Waals surface area (Å²) in [5.41, 5.74) is 4.74. The Labute approximate surface area is 138 Å². The lowest BCUT2D eigenvalue weighted by molar-refractivity contribution is 0.524. The maximum absolute atomic E-state index is 4.18. The van der Waals surface area contributed by atoms with Crippen molar-refractivity contribution in [2.75, 3.05) is 14.1 Å². The van der Waals surface area contributed by atoms with Crippen molar-refractivity contribution in [3.63, 3.8) is 0 Å². The number of nitrogens with zero attached hydrogens (tertiary/aromatic N) is 2. The maximum Gasteiger partial charge on any atom is 0.0453 e. The summed E-state index contributed by atoms with van der Waals surface area (Å²) in [6.07, 6.45) is 12.0. The summed E-state index contributed by atoms with van der Waals surface area (Å²) >= 11 is 0. The first kappa shape index (κ1) is 20.4. The highest BCUT2D eigenvalue weighted by Crippen LogP contribution is 2.21.